The summed E-state index contributed by atoms with van der Waals surface area (Å²) in [6.45, 7) is 7.32. The average Bonchev–Trinajstić information content (AvgIpc) is 3.70. The Bertz CT molecular complexity index is 1560. The molecule has 1 saturated carbocycles. The van der Waals surface area contributed by atoms with Crippen molar-refractivity contribution < 1.29 is 14.6 Å². The highest BCUT2D eigenvalue weighted by Gasteiger charge is 2.39. The minimum atomic E-state index is -1.16. The highest BCUT2D eigenvalue weighted by molar-refractivity contribution is 7.18. The number of carbonyl (C=O) groups excluding carboxylic acids is 1. The number of amides is 1. The van der Waals surface area contributed by atoms with Crippen molar-refractivity contribution in [3.05, 3.63) is 46.7 Å². The fraction of sp³-hybridized carbons (Fsp3) is 0.517. The van der Waals surface area contributed by atoms with Gasteiger partial charge in [0.1, 0.15) is 11.4 Å². The van der Waals surface area contributed by atoms with Crippen LogP contribution >= 0.6 is 11.3 Å². The quantitative estimate of drug-likeness (QED) is 0.359. The van der Waals surface area contributed by atoms with Crippen molar-refractivity contribution in [1.82, 2.24) is 19.6 Å². The summed E-state index contributed by atoms with van der Waals surface area (Å²) in [6.07, 6.45) is 9.47. The highest BCUT2D eigenvalue weighted by Crippen LogP contribution is 2.41. The second-order valence-electron chi connectivity index (χ2n) is 12.0. The van der Waals surface area contributed by atoms with Gasteiger partial charge in [-0.2, -0.15) is 5.10 Å². The van der Waals surface area contributed by atoms with Gasteiger partial charge in [-0.1, -0.05) is 19.8 Å². The van der Waals surface area contributed by atoms with E-state index in [1.807, 2.05) is 24.4 Å². The first kappa shape index (κ1) is 24.9. The van der Waals surface area contributed by atoms with Crippen molar-refractivity contribution in [3.8, 4) is 0 Å². The standard InChI is InChI=1S/C29H34N6O3S/c1-16-4-6-17(7-5-16)28-32-23-11-21(29(2,3)37)22(12-24(23)39-28)31-27(36)20-13-30-35-9-8-25(33-26(20)35)34-14-19-10-18(34)15-38-19/h8-9,11-13,16-19,37H,4-7,10,14-15H2,1-3H3,(H,31,36)/t16?,17?,18-,19-/m1/s1. The normalized spacial score (nSPS) is 25.2. The van der Waals surface area contributed by atoms with Crippen LogP contribution in [0.15, 0.2) is 30.6 Å². The van der Waals surface area contributed by atoms with E-state index in [4.69, 9.17) is 14.7 Å². The van der Waals surface area contributed by atoms with Crippen LogP contribution in [0, 0.1) is 5.92 Å². The molecule has 0 unspecified atom stereocenters. The predicted octanol–water partition coefficient (Wildman–Crippen LogP) is 5.09. The van der Waals surface area contributed by atoms with Gasteiger partial charge in [-0.25, -0.2) is 14.5 Å². The van der Waals surface area contributed by atoms with Crippen LogP contribution in [0.2, 0.25) is 0 Å². The summed E-state index contributed by atoms with van der Waals surface area (Å²) in [6, 6.07) is 6.15. The van der Waals surface area contributed by atoms with Crippen molar-refractivity contribution in [3.63, 3.8) is 0 Å². The van der Waals surface area contributed by atoms with Crippen LogP contribution in [-0.4, -0.2) is 55.9 Å². The minimum absolute atomic E-state index is 0.254. The number of benzene rings is 1. The zero-order valence-electron chi connectivity index (χ0n) is 22.6. The second kappa shape index (κ2) is 9.25. The molecule has 39 heavy (non-hydrogen) atoms. The Morgan fingerprint density at radius 2 is 2.03 bits per heavy atom. The topological polar surface area (TPSA) is 105 Å². The van der Waals surface area contributed by atoms with Crippen molar-refractivity contribution in [2.75, 3.05) is 23.4 Å². The predicted molar refractivity (Wildman–Crippen MR) is 152 cm³/mol. The van der Waals surface area contributed by atoms with Crippen molar-refractivity contribution >= 4 is 44.6 Å². The number of ether oxygens (including phenoxy) is 1. The zero-order valence-corrected chi connectivity index (χ0v) is 23.4. The van der Waals surface area contributed by atoms with Gasteiger partial charge >= 0.3 is 0 Å². The van der Waals surface area contributed by atoms with Crippen molar-refractivity contribution in [1.29, 1.82) is 0 Å². The van der Waals surface area contributed by atoms with E-state index in [-0.39, 0.29) is 12.0 Å². The van der Waals surface area contributed by atoms with E-state index in [9.17, 15) is 9.90 Å². The molecular formula is C29H34N6O3S. The van der Waals surface area contributed by atoms with E-state index in [1.54, 1.807) is 35.9 Å². The van der Waals surface area contributed by atoms with Crippen LogP contribution in [0.4, 0.5) is 11.5 Å². The van der Waals surface area contributed by atoms with E-state index in [0.29, 0.717) is 41.0 Å². The molecule has 9 nitrogen and oxygen atoms in total. The molecule has 7 rings (SSSR count). The lowest BCUT2D eigenvalue weighted by Crippen LogP contribution is -2.37. The van der Waals surface area contributed by atoms with Gasteiger partial charge in [0.15, 0.2) is 5.65 Å². The Morgan fingerprint density at radius 1 is 1.21 bits per heavy atom. The molecule has 3 fully saturated rings. The Labute approximate surface area is 231 Å². The lowest BCUT2D eigenvalue weighted by Gasteiger charge is -2.27. The smallest absolute Gasteiger partial charge is 0.261 e. The maximum Gasteiger partial charge on any atom is 0.261 e. The highest BCUT2D eigenvalue weighted by atomic mass is 32.1. The number of nitrogens with zero attached hydrogens (tertiary/aromatic N) is 5. The first-order valence-corrected chi connectivity index (χ1v) is 14.8. The number of rotatable bonds is 5. The molecule has 4 aromatic rings. The fourth-order valence-electron chi connectivity index (χ4n) is 6.33. The van der Waals surface area contributed by atoms with E-state index < -0.39 is 5.60 Å². The van der Waals surface area contributed by atoms with Gasteiger partial charge in [0, 0.05) is 29.9 Å². The number of aliphatic hydroxyl groups is 1. The molecule has 2 saturated heterocycles. The van der Waals surface area contributed by atoms with E-state index >= 15 is 0 Å². The van der Waals surface area contributed by atoms with E-state index in [1.165, 1.54) is 25.7 Å². The lowest BCUT2D eigenvalue weighted by atomic mass is 9.83. The lowest BCUT2D eigenvalue weighted by molar-refractivity contribution is 0.0794. The Balaban J connectivity index is 1.20. The number of morpholine rings is 1. The van der Waals surface area contributed by atoms with Gasteiger partial charge in [-0.05, 0) is 57.2 Å². The van der Waals surface area contributed by atoms with Gasteiger partial charge in [-0.15, -0.1) is 11.3 Å². The first-order chi connectivity index (χ1) is 18.7. The number of hydrogen-bond donors (Lipinski definition) is 2. The molecule has 204 valence electrons. The Kier molecular flexibility index (Phi) is 5.91. The zero-order chi connectivity index (χ0) is 26.9. The third kappa shape index (κ3) is 4.48. The van der Waals surface area contributed by atoms with Crippen LogP contribution in [0.25, 0.3) is 15.9 Å². The number of nitrogens with one attached hydrogen (secondary N) is 1. The molecule has 10 heteroatoms. The molecule has 2 atom stereocenters. The molecule has 3 aliphatic rings. The summed E-state index contributed by atoms with van der Waals surface area (Å²) in [5, 5.41) is 19.6. The molecule has 1 aliphatic carbocycles. The van der Waals surface area contributed by atoms with E-state index in [0.717, 1.165) is 39.9 Å². The van der Waals surface area contributed by atoms with Gasteiger partial charge in [0.05, 0.1) is 45.8 Å². The van der Waals surface area contributed by atoms with Gasteiger partial charge < -0.3 is 20.1 Å². The molecule has 0 radical (unpaired) electrons. The SMILES string of the molecule is CC1CCC(c2nc3cc(C(C)(C)O)c(NC(=O)c4cnn5ccc(N6C[C@H]7C[C@@H]6CO7)nc45)cc3s2)CC1. The van der Waals surface area contributed by atoms with Crippen LogP contribution < -0.4 is 10.2 Å². The third-order valence-electron chi connectivity index (χ3n) is 8.61. The minimum Gasteiger partial charge on any atom is -0.386 e. The molecule has 2 N–H and O–H groups in total. The third-order valence-corrected chi connectivity index (χ3v) is 9.79. The maximum atomic E-state index is 13.6. The number of hydrogen-bond acceptors (Lipinski definition) is 8. The monoisotopic (exact) mass is 546 g/mol. The van der Waals surface area contributed by atoms with Gasteiger partial charge in [-0.3, -0.25) is 4.79 Å². The van der Waals surface area contributed by atoms with Gasteiger partial charge in [0.2, 0.25) is 0 Å². The number of carbonyl (C=O) groups is 1. The maximum absolute atomic E-state index is 13.6. The Morgan fingerprint density at radius 3 is 2.74 bits per heavy atom. The molecule has 5 heterocycles. The second-order valence-corrected chi connectivity index (χ2v) is 13.1. The summed E-state index contributed by atoms with van der Waals surface area (Å²) in [4.78, 5) is 25.7. The molecule has 1 amide bonds. The number of thiazole rings is 1. The molecule has 3 aromatic heterocycles. The van der Waals surface area contributed by atoms with Crippen LogP contribution in [-0.2, 0) is 10.3 Å². The van der Waals surface area contributed by atoms with Crippen molar-refractivity contribution in [2.24, 2.45) is 5.92 Å². The molecule has 0 spiro atoms. The average molecular weight is 547 g/mol. The first-order valence-electron chi connectivity index (χ1n) is 13.9. The van der Waals surface area contributed by atoms with Crippen LogP contribution in [0.3, 0.4) is 0 Å². The van der Waals surface area contributed by atoms with Crippen LogP contribution in [0.1, 0.15) is 79.7 Å². The molecular weight excluding hydrogens is 512 g/mol. The number of fused-ring (bicyclic) bond motifs is 4. The number of aromatic nitrogens is 4. The summed E-state index contributed by atoms with van der Waals surface area (Å²) in [5.41, 5.74) is 1.82. The van der Waals surface area contributed by atoms with E-state index in [2.05, 4.69) is 22.2 Å². The molecule has 2 bridgehead atoms. The summed E-state index contributed by atoms with van der Waals surface area (Å²) in [5.74, 6) is 1.79. The van der Waals surface area contributed by atoms with Crippen molar-refractivity contribution in [2.45, 2.75) is 76.5 Å². The Hall–Kier alpha value is -3.08. The summed E-state index contributed by atoms with van der Waals surface area (Å²) >= 11 is 1.70. The summed E-state index contributed by atoms with van der Waals surface area (Å²) < 4.78 is 8.38. The molecule has 2 aliphatic heterocycles. The number of anilines is 2. The largest absolute Gasteiger partial charge is 0.386 e. The van der Waals surface area contributed by atoms with Gasteiger partial charge in [0.25, 0.3) is 5.91 Å². The summed E-state index contributed by atoms with van der Waals surface area (Å²) in [7, 11) is 0. The van der Waals surface area contributed by atoms with Crippen LogP contribution in [0.5, 0.6) is 0 Å². The fourth-order valence-corrected chi connectivity index (χ4v) is 7.49. The molecule has 1 aromatic carbocycles.